The van der Waals surface area contributed by atoms with Crippen molar-refractivity contribution >= 4 is 10.8 Å². The van der Waals surface area contributed by atoms with E-state index in [1.165, 1.54) is 21.9 Å². The van der Waals surface area contributed by atoms with Crippen LogP contribution in [0.5, 0.6) is 0 Å². The summed E-state index contributed by atoms with van der Waals surface area (Å²) in [6.07, 6.45) is 3.98. The molecule has 96 valence electrons. The predicted octanol–water partition coefficient (Wildman–Crippen LogP) is 4.02. The molecule has 2 nitrogen and oxygen atoms in total. The van der Waals surface area contributed by atoms with Crippen LogP contribution in [0.2, 0.25) is 0 Å². The third-order valence-electron chi connectivity index (χ3n) is 3.55. The summed E-state index contributed by atoms with van der Waals surface area (Å²) in [5.41, 5.74) is 2.61. The zero-order valence-corrected chi connectivity index (χ0v) is 11.1. The lowest BCUT2D eigenvalue weighted by Gasteiger charge is -2.14. The highest BCUT2D eigenvalue weighted by Crippen LogP contribution is 2.20. The molecule has 1 heterocycles. The van der Waals surface area contributed by atoms with Crippen molar-refractivity contribution in [2.45, 2.75) is 19.5 Å². The average molecular weight is 250 g/mol. The Kier molecular flexibility index (Phi) is 3.34. The van der Waals surface area contributed by atoms with Gasteiger partial charge >= 0.3 is 0 Å². The average Bonchev–Trinajstić information content (AvgIpc) is 2.97. The first kappa shape index (κ1) is 12.0. The number of rotatable bonds is 4. The third-order valence-corrected chi connectivity index (χ3v) is 3.55. The SMILES string of the molecule is C[C@H](NCc1cc[nH]c1)c1ccc2ccccc2c1. The van der Waals surface area contributed by atoms with Crippen molar-refractivity contribution in [2.24, 2.45) is 0 Å². The molecule has 3 aromatic rings. The fraction of sp³-hybridized carbons (Fsp3) is 0.176. The van der Waals surface area contributed by atoms with Gasteiger partial charge in [-0.15, -0.1) is 0 Å². The monoisotopic (exact) mass is 250 g/mol. The van der Waals surface area contributed by atoms with E-state index in [9.17, 15) is 0 Å². The Morgan fingerprint density at radius 3 is 2.68 bits per heavy atom. The van der Waals surface area contributed by atoms with E-state index in [-0.39, 0.29) is 0 Å². The summed E-state index contributed by atoms with van der Waals surface area (Å²) in [6.45, 7) is 3.09. The summed E-state index contributed by atoms with van der Waals surface area (Å²) in [5, 5.41) is 6.14. The van der Waals surface area contributed by atoms with Crippen LogP contribution in [0, 0.1) is 0 Å². The number of aromatic nitrogens is 1. The third kappa shape index (κ3) is 2.69. The molecule has 0 spiro atoms. The first-order valence-electron chi connectivity index (χ1n) is 6.67. The van der Waals surface area contributed by atoms with Crippen molar-refractivity contribution in [1.29, 1.82) is 0 Å². The predicted molar refractivity (Wildman–Crippen MR) is 80.0 cm³/mol. The Morgan fingerprint density at radius 1 is 1.05 bits per heavy atom. The molecule has 0 unspecified atom stereocenters. The van der Waals surface area contributed by atoms with Crippen molar-refractivity contribution < 1.29 is 0 Å². The number of nitrogens with one attached hydrogen (secondary N) is 2. The number of fused-ring (bicyclic) bond motifs is 1. The van der Waals surface area contributed by atoms with Crippen LogP contribution < -0.4 is 5.32 Å². The first-order chi connectivity index (χ1) is 9.33. The smallest absolute Gasteiger partial charge is 0.0295 e. The van der Waals surface area contributed by atoms with Crippen molar-refractivity contribution in [3.63, 3.8) is 0 Å². The minimum absolute atomic E-state index is 0.347. The van der Waals surface area contributed by atoms with E-state index < -0.39 is 0 Å². The van der Waals surface area contributed by atoms with Crippen LogP contribution in [-0.2, 0) is 6.54 Å². The quantitative estimate of drug-likeness (QED) is 0.719. The Labute approximate surface area is 113 Å². The van der Waals surface area contributed by atoms with E-state index in [1.807, 2.05) is 12.4 Å². The topological polar surface area (TPSA) is 27.8 Å². The fourth-order valence-electron chi connectivity index (χ4n) is 2.33. The molecule has 0 aliphatic carbocycles. The van der Waals surface area contributed by atoms with Crippen molar-refractivity contribution in [3.05, 3.63) is 72.1 Å². The van der Waals surface area contributed by atoms with Crippen LogP contribution in [-0.4, -0.2) is 4.98 Å². The molecule has 2 heteroatoms. The zero-order chi connectivity index (χ0) is 13.1. The van der Waals surface area contributed by atoms with Gasteiger partial charge < -0.3 is 10.3 Å². The van der Waals surface area contributed by atoms with E-state index in [2.05, 4.69) is 65.8 Å². The van der Waals surface area contributed by atoms with E-state index in [1.54, 1.807) is 0 Å². The van der Waals surface area contributed by atoms with Gasteiger partial charge in [-0.25, -0.2) is 0 Å². The number of hydrogen-bond acceptors (Lipinski definition) is 1. The van der Waals surface area contributed by atoms with Crippen LogP contribution in [0.4, 0.5) is 0 Å². The van der Waals surface area contributed by atoms with Gasteiger partial charge in [0, 0.05) is 25.0 Å². The zero-order valence-electron chi connectivity index (χ0n) is 11.1. The van der Waals surface area contributed by atoms with Gasteiger partial charge in [0.05, 0.1) is 0 Å². The molecule has 0 bridgehead atoms. The summed E-state index contributed by atoms with van der Waals surface area (Å²) in [4.78, 5) is 3.08. The molecule has 0 aliphatic heterocycles. The Bertz CT molecular complexity index is 656. The lowest BCUT2D eigenvalue weighted by Crippen LogP contribution is -2.17. The second-order valence-electron chi connectivity index (χ2n) is 4.93. The molecule has 0 aliphatic rings. The maximum atomic E-state index is 3.55. The highest BCUT2D eigenvalue weighted by atomic mass is 14.9. The molecule has 0 saturated heterocycles. The lowest BCUT2D eigenvalue weighted by atomic mass is 10.0. The number of H-pyrrole nitrogens is 1. The number of aromatic amines is 1. The van der Waals surface area contributed by atoms with Gasteiger partial charge in [0.1, 0.15) is 0 Å². The molecule has 2 N–H and O–H groups in total. The van der Waals surface area contributed by atoms with Crippen molar-refractivity contribution in [1.82, 2.24) is 10.3 Å². The Balaban J connectivity index is 1.75. The van der Waals surface area contributed by atoms with Gasteiger partial charge in [0.2, 0.25) is 0 Å². The van der Waals surface area contributed by atoms with Crippen LogP contribution in [0.15, 0.2) is 60.9 Å². The number of hydrogen-bond donors (Lipinski definition) is 2. The van der Waals surface area contributed by atoms with Crippen molar-refractivity contribution in [3.8, 4) is 0 Å². The maximum Gasteiger partial charge on any atom is 0.0295 e. The summed E-state index contributed by atoms with van der Waals surface area (Å²) in [6, 6.07) is 17.6. The Hall–Kier alpha value is -2.06. The van der Waals surface area contributed by atoms with Gasteiger partial charge in [-0.3, -0.25) is 0 Å². The van der Waals surface area contributed by atoms with E-state index in [0.717, 1.165) is 6.54 Å². The molecule has 3 rings (SSSR count). The lowest BCUT2D eigenvalue weighted by molar-refractivity contribution is 0.575. The van der Waals surface area contributed by atoms with Crippen molar-refractivity contribution in [2.75, 3.05) is 0 Å². The molecule has 2 aromatic carbocycles. The summed E-state index contributed by atoms with van der Waals surface area (Å²) in [7, 11) is 0. The molecule has 0 saturated carbocycles. The van der Waals surface area contributed by atoms with E-state index >= 15 is 0 Å². The highest BCUT2D eigenvalue weighted by Gasteiger charge is 2.05. The maximum absolute atomic E-state index is 3.55. The highest BCUT2D eigenvalue weighted by molar-refractivity contribution is 5.83. The number of benzene rings is 2. The van der Waals surface area contributed by atoms with Crippen LogP contribution in [0.25, 0.3) is 10.8 Å². The molecule has 0 radical (unpaired) electrons. The van der Waals surface area contributed by atoms with Gasteiger partial charge in [0.15, 0.2) is 0 Å². The second-order valence-corrected chi connectivity index (χ2v) is 4.93. The molecule has 0 fully saturated rings. The van der Waals surface area contributed by atoms with Crippen LogP contribution >= 0.6 is 0 Å². The minimum Gasteiger partial charge on any atom is -0.367 e. The summed E-state index contributed by atoms with van der Waals surface area (Å²) in [5.74, 6) is 0. The standard InChI is InChI=1S/C17H18N2/c1-13(19-12-14-8-9-18-11-14)16-7-6-15-4-2-3-5-17(15)10-16/h2-11,13,18-19H,12H2,1H3/t13-/m0/s1. The fourth-order valence-corrected chi connectivity index (χ4v) is 2.33. The second kappa shape index (κ2) is 5.29. The minimum atomic E-state index is 0.347. The molecular weight excluding hydrogens is 232 g/mol. The Morgan fingerprint density at radius 2 is 1.89 bits per heavy atom. The van der Waals surface area contributed by atoms with Gasteiger partial charge in [-0.1, -0.05) is 36.4 Å². The van der Waals surface area contributed by atoms with Gasteiger partial charge in [-0.05, 0) is 41.0 Å². The first-order valence-corrected chi connectivity index (χ1v) is 6.67. The van der Waals surface area contributed by atoms with Gasteiger partial charge in [0.25, 0.3) is 0 Å². The molecular formula is C17H18N2. The van der Waals surface area contributed by atoms with Crippen LogP contribution in [0.3, 0.4) is 0 Å². The molecule has 1 atom stereocenters. The molecule has 19 heavy (non-hydrogen) atoms. The normalized spacial score (nSPS) is 12.7. The largest absolute Gasteiger partial charge is 0.367 e. The van der Waals surface area contributed by atoms with E-state index in [0.29, 0.717) is 6.04 Å². The summed E-state index contributed by atoms with van der Waals surface area (Å²) < 4.78 is 0. The summed E-state index contributed by atoms with van der Waals surface area (Å²) >= 11 is 0. The molecule has 1 aromatic heterocycles. The molecule has 0 amide bonds. The van der Waals surface area contributed by atoms with E-state index in [4.69, 9.17) is 0 Å². The van der Waals surface area contributed by atoms with Crippen LogP contribution in [0.1, 0.15) is 24.1 Å². The van der Waals surface area contributed by atoms with Gasteiger partial charge in [-0.2, -0.15) is 0 Å².